The monoisotopic (exact) mass is 464 g/mol. The van der Waals surface area contributed by atoms with Crippen LogP contribution in [0.5, 0.6) is 0 Å². The van der Waals surface area contributed by atoms with E-state index in [1.165, 1.54) is 6.07 Å². The van der Waals surface area contributed by atoms with Crippen LogP contribution in [0, 0.1) is 12.7 Å². The highest BCUT2D eigenvalue weighted by molar-refractivity contribution is 7.89. The molecule has 0 bridgehead atoms. The number of sulfonamides is 1. The summed E-state index contributed by atoms with van der Waals surface area (Å²) in [6, 6.07) is 11.7. The van der Waals surface area contributed by atoms with Crippen molar-refractivity contribution in [3.63, 3.8) is 0 Å². The number of aliphatic imine (C=N–C) groups is 1. The fraction of sp³-hybridized carbons (Fsp3) is 0.409. The summed E-state index contributed by atoms with van der Waals surface area (Å²) in [6.45, 7) is 4.50. The van der Waals surface area contributed by atoms with Crippen molar-refractivity contribution < 1.29 is 12.8 Å². The molecule has 31 heavy (non-hydrogen) atoms. The van der Waals surface area contributed by atoms with E-state index < -0.39 is 15.8 Å². The van der Waals surface area contributed by atoms with Crippen molar-refractivity contribution in [1.82, 2.24) is 14.9 Å². The average molecular weight is 465 g/mol. The molecule has 1 fully saturated rings. The number of halogens is 2. The zero-order valence-corrected chi connectivity index (χ0v) is 18.9. The van der Waals surface area contributed by atoms with Gasteiger partial charge in [-0.25, -0.2) is 12.8 Å². The lowest BCUT2D eigenvalue weighted by atomic mass is 9.85. The molecule has 2 aromatic carbocycles. The molecule has 0 aromatic heterocycles. The van der Waals surface area contributed by atoms with E-state index in [1.54, 1.807) is 28.6 Å². The summed E-state index contributed by atoms with van der Waals surface area (Å²) in [4.78, 5) is 5.05. The first-order valence-corrected chi connectivity index (χ1v) is 12.2. The Labute approximate surface area is 187 Å². The van der Waals surface area contributed by atoms with Gasteiger partial charge in [-0.3, -0.25) is 4.99 Å². The molecular formula is C22H26ClFN4O2S. The molecule has 6 nitrogen and oxygen atoms in total. The predicted molar refractivity (Wildman–Crippen MR) is 120 cm³/mol. The number of rotatable bonds is 4. The van der Waals surface area contributed by atoms with Crippen LogP contribution in [-0.4, -0.2) is 50.3 Å². The molecule has 0 amide bonds. The third kappa shape index (κ3) is 4.48. The van der Waals surface area contributed by atoms with Crippen molar-refractivity contribution in [2.75, 3.05) is 26.2 Å². The van der Waals surface area contributed by atoms with Crippen LogP contribution < -0.4 is 10.6 Å². The first-order valence-electron chi connectivity index (χ1n) is 10.4. The Kier molecular flexibility index (Phi) is 6.35. The summed E-state index contributed by atoms with van der Waals surface area (Å²) >= 11 is 5.89. The van der Waals surface area contributed by atoms with Crippen molar-refractivity contribution in [3.8, 4) is 0 Å². The number of nitrogens with zero attached hydrogens (tertiary/aromatic N) is 2. The van der Waals surface area contributed by atoms with Gasteiger partial charge in [-0.2, -0.15) is 4.31 Å². The van der Waals surface area contributed by atoms with Crippen LogP contribution in [0.3, 0.4) is 0 Å². The number of piperidine rings is 1. The quantitative estimate of drug-likeness (QED) is 0.729. The fourth-order valence-corrected chi connectivity index (χ4v) is 6.14. The summed E-state index contributed by atoms with van der Waals surface area (Å²) in [7, 11) is -3.53. The van der Waals surface area contributed by atoms with Gasteiger partial charge in [0, 0.05) is 26.2 Å². The van der Waals surface area contributed by atoms with Crippen LogP contribution in [0.15, 0.2) is 52.4 Å². The molecule has 0 atom stereocenters. The fourth-order valence-electron chi connectivity index (χ4n) is 4.27. The molecule has 0 aliphatic carbocycles. The summed E-state index contributed by atoms with van der Waals surface area (Å²) in [6.07, 6.45) is 1.24. The highest BCUT2D eigenvalue weighted by Gasteiger charge is 2.43. The van der Waals surface area contributed by atoms with Gasteiger partial charge >= 0.3 is 0 Å². The van der Waals surface area contributed by atoms with Gasteiger partial charge in [0.2, 0.25) is 10.0 Å². The molecule has 4 rings (SSSR count). The van der Waals surface area contributed by atoms with Crippen molar-refractivity contribution in [2.24, 2.45) is 4.99 Å². The molecule has 0 saturated carbocycles. The van der Waals surface area contributed by atoms with Crippen LogP contribution >= 0.6 is 11.6 Å². The van der Waals surface area contributed by atoms with E-state index in [0.717, 1.165) is 23.5 Å². The Morgan fingerprint density at radius 2 is 1.97 bits per heavy atom. The zero-order chi connectivity index (χ0) is 22.1. The molecule has 2 aliphatic rings. The highest BCUT2D eigenvalue weighted by Crippen LogP contribution is 2.30. The van der Waals surface area contributed by atoms with E-state index in [4.69, 9.17) is 11.6 Å². The number of benzene rings is 2. The molecule has 2 aromatic rings. The maximum atomic E-state index is 13.4. The second-order valence-electron chi connectivity index (χ2n) is 8.01. The second kappa shape index (κ2) is 8.86. The van der Waals surface area contributed by atoms with E-state index in [1.807, 2.05) is 19.1 Å². The number of hydrogen-bond donors (Lipinski definition) is 2. The highest BCUT2D eigenvalue weighted by atomic mass is 35.5. The molecule has 2 N–H and O–H groups in total. The van der Waals surface area contributed by atoms with Crippen LogP contribution in [0.4, 0.5) is 4.39 Å². The van der Waals surface area contributed by atoms with Crippen LogP contribution in [0.2, 0.25) is 5.02 Å². The molecule has 1 saturated heterocycles. The Bertz CT molecular complexity index is 1100. The molecule has 0 radical (unpaired) electrons. The minimum Gasteiger partial charge on any atom is -0.368 e. The summed E-state index contributed by atoms with van der Waals surface area (Å²) in [5.74, 6) is 0.382. The number of aryl methyl sites for hydroxylation is 1. The van der Waals surface area contributed by atoms with Crippen molar-refractivity contribution in [2.45, 2.75) is 36.7 Å². The standard InChI is InChI=1S/C22H26ClFN4O2S/c1-16-4-2-3-5-20(16)31(29,30)28-12-8-22(9-13-28)21(25-10-11-27-22)26-15-17-6-7-19(24)18(23)14-17/h2-7,14,27H,8-13,15H2,1H3,(H,25,26). The normalized spacial score (nSPS) is 19.3. The maximum absolute atomic E-state index is 13.4. The van der Waals surface area contributed by atoms with Gasteiger partial charge in [-0.05, 0) is 49.1 Å². The first-order chi connectivity index (χ1) is 14.8. The lowest BCUT2D eigenvalue weighted by molar-refractivity contribution is 0.241. The topological polar surface area (TPSA) is 73.8 Å². The predicted octanol–water partition coefficient (Wildman–Crippen LogP) is 3.10. The number of nitrogens with one attached hydrogen (secondary N) is 2. The summed E-state index contributed by atoms with van der Waals surface area (Å²) < 4.78 is 41.3. The largest absolute Gasteiger partial charge is 0.368 e. The van der Waals surface area contributed by atoms with Crippen LogP contribution in [0.1, 0.15) is 24.0 Å². The molecule has 9 heteroatoms. The van der Waals surface area contributed by atoms with Crippen molar-refractivity contribution in [1.29, 1.82) is 0 Å². The second-order valence-corrected chi connectivity index (χ2v) is 10.3. The summed E-state index contributed by atoms with van der Waals surface area (Å²) in [5, 5.41) is 7.03. The molecule has 2 heterocycles. The van der Waals surface area contributed by atoms with E-state index in [9.17, 15) is 12.8 Å². The van der Waals surface area contributed by atoms with Gasteiger partial charge in [0.05, 0.1) is 22.0 Å². The molecule has 166 valence electrons. The van der Waals surface area contributed by atoms with E-state index in [2.05, 4.69) is 15.6 Å². The van der Waals surface area contributed by atoms with Gasteiger partial charge in [-0.1, -0.05) is 35.9 Å². The average Bonchev–Trinajstić information content (AvgIpc) is 2.76. The molecule has 0 unspecified atom stereocenters. The minimum absolute atomic E-state index is 0.0902. The number of hydrogen-bond acceptors (Lipinski definition) is 5. The Hall–Kier alpha value is -2.00. The lowest BCUT2D eigenvalue weighted by Crippen LogP contribution is -2.64. The van der Waals surface area contributed by atoms with Gasteiger partial charge in [0.15, 0.2) is 0 Å². The van der Waals surface area contributed by atoms with Gasteiger partial charge < -0.3 is 10.6 Å². The Morgan fingerprint density at radius 1 is 1.23 bits per heavy atom. The lowest BCUT2D eigenvalue weighted by Gasteiger charge is -2.44. The van der Waals surface area contributed by atoms with Crippen LogP contribution in [0.25, 0.3) is 0 Å². The molecular weight excluding hydrogens is 439 g/mol. The Balaban J connectivity index is 1.47. The van der Waals surface area contributed by atoms with E-state index in [-0.39, 0.29) is 10.6 Å². The van der Waals surface area contributed by atoms with E-state index >= 15 is 0 Å². The number of amidine groups is 1. The third-order valence-electron chi connectivity index (χ3n) is 6.03. The van der Waals surface area contributed by atoms with Gasteiger partial charge in [-0.15, -0.1) is 0 Å². The molecule has 2 aliphatic heterocycles. The van der Waals surface area contributed by atoms with Gasteiger partial charge in [0.25, 0.3) is 0 Å². The van der Waals surface area contributed by atoms with Gasteiger partial charge in [0.1, 0.15) is 11.7 Å². The molecule has 1 spiro atoms. The minimum atomic E-state index is -3.53. The Morgan fingerprint density at radius 3 is 2.68 bits per heavy atom. The third-order valence-corrected chi connectivity index (χ3v) is 8.38. The maximum Gasteiger partial charge on any atom is 0.243 e. The first kappa shape index (κ1) is 22.2. The SMILES string of the molecule is Cc1ccccc1S(=O)(=O)N1CCC2(CC1)NCCN=C2NCc1ccc(F)c(Cl)c1. The van der Waals surface area contributed by atoms with Crippen LogP contribution in [-0.2, 0) is 16.6 Å². The zero-order valence-electron chi connectivity index (χ0n) is 17.4. The smallest absolute Gasteiger partial charge is 0.243 e. The van der Waals surface area contributed by atoms with E-state index in [0.29, 0.717) is 43.9 Å². The van der Waals surface area contributed by atoms with Crippen molar-refractivity contribution in [3.05, 3.63) is 64.4 Å². The summed E-state index contributed by atoms with van der Waals surface area (Å²) in [5.41, 5.74) is 1.22. The van der Waals surface area contributed by atoms with Crippen molar-refractivity contribution >= 4 is 27.5 Å².